The normalized spacial score (nSPS) is 13.7. The molecule has 2 aromatic carbocycles. The molecular formula is C22H24ClN3O3. The van der Waals surface area contributed by atoms with Gasteiger partial charge in [-0.3, -0.25) is 9.59 Å². The Balaban J connectivity index is 1.68. The van der Waals surface area contributed by atoms with E-state index in [1.54, 1.807) is 23.0 Å². The van der Waals surface area contributed by atoms with E-state index in [2.05, 4.69) is 11.9 Å². The van der Waals surface area contributed by atoms with Gasteiger partial charge in [0.1, 0.15) is 5.75 Å². The van der Waals surface area contributed by atoms with Gasteiger partial charge in [0.05, 0.1) is 24.4 Å². The number of hydrogen-bond acceptors (Lipinski definition) is 4. The van der Waals surface area contributed by atoms with Crippen molar-refractivity contribution in [2.24, 2.45) is 0 Å². The van der Waals surface area contributed by atoms with Crippen LogP contribution >= 0.6 is 11.6 Å². The molecule has 0 unspecified atom stereocenters. The fourth-order valence-electron chi connectivity index (χ4n) is 3.29. The van der Waals surface area contributed by atoms with Crippen LogP contribution in [0.2, 0.25) is 5.02 Å². The number of hydrogen-bond donors (Lipinski definition) is 1. The molecule has 1 heterocycles. The Morgan fingerprint density at radius 2 is 1.79 bits per heavy atom. The highest BCUT2D eigenvalue weighted by molar-refractivity contribution is 6.33. The zero-order chi connectivity index (χ0) is 20.8. The van der Waals surface area contributed by atoms with Crippen LogP contribution in [0, 0.1) is 0 Å². The van der Waals surface area contributed by atoms with Crippen molar-refractivity contribution in [1.29, 1.82) is 0 Å². The molecule has 1 fully saturated rings. The number of halogens is 1. The highest BCUT2D eigenvalue weighted by atomic mass is 35.5. The maximum Gasteiger partial charge on any atom is 0.246 e. The molecule has 0 spiro atoms. The standard InChI is InChI=1S/C22H24ClN3O3/c1-3-21(27)25-9-11-26(12-10-25)22(28)15-24-19-13-17(16-7-5-4-6-8-16)18(23)14-20(19)29-2/h3-8,13-14,24H,1,9-12,15H2,2H3. The molecule has 0 bridgehead atoms. The average molecular weight is 414 g/mol. The van der Waals surface area contributed by atoms with Crippen LogP contribution in [0.5, 0.6) is 5.75 Å². The Kier molecular flexibility index (Phi) is 6.77. The predicted molar refractivity (Wildman–Crippen MR) is 115 cm³/mol. The number of rotatable bonds is 6. The molecule has 0 aromatic heterocycles. The number of nitrogens with zero attached hydrogens (tertiary/aromatic N) is 2. The van der Waals surface area contributed by atoms with Crippen LogP contribution in [0.3, 0.4) is 0 Å². The van der Waals surface area contributed by atoms with Crippen LogP contribution in [-0.4, -0.2) is 61.4 Å². The van der Waals surface area contributed by atoms with Gasteiger partial charge in [-0.05, 0) is 17.7 Å². The Bertz CT molecular complexity index is 894. The number of methoxy groups -OCH3 is 1. The highest BCUT2D eigenvalue weighted by Gasteiger charge is 2.23. The lowest BCUT2D eigenvalue weighted by atomic mass is 10.0. The number of anilines is 1. The van der Waals surface area contributed by atoms with Crippen molar-refractivity contribution in [3.63, 3.8) is 0 Å². The van der Waals surface area contributed by atoms with Gasteiger partial charge < -0.3 is 19.9 Å². The third kappa shape index (κ3) is 4.90. The van der Waals surface area contributed by atoms with Gasteiger partial charge in [-0.25, -0.2) is 0 Å². The van der Waals surface area contributed by atoms with E-state index in [1.165, 1.54) is 6.08 Å². The lowest BCUT2D eigenvalue weighted by Crippen LogP contribution is -2.51. The summed E-state index contributed by atoms with van der Waals surface area (Å²) >= 11 is 6.43. The molecule has 1 aliphatic heterocycles. The molecule has 3 rings (SSSR count). The second kappa shape index (κ2) is 9.47. The molecular weight excluding hydrogens is 390 g/mol. The van der Waals surface area contributed by atoms with Gasteiger partial charge in [0.15, 0.2) is 0 Å². The van der Waals surface area contributed by atoms with Crippen molar-refractivity contribution in [3.05, 3.63) is 60.1 Å². The largest absolute Gasteiger partial charge is 0.495 e. The lowest BCUT2D eigenvalue weighted by molar-refractivity contribution is -0.135. The number of carbonyl (C=O) groups is 2. The minimum atomic E-state index is -0.102. The second-order valence-corrected chi connectivity index (χ2v) is 7.07. The van der Waals surface area contributed by atoms with Crippen LogP contribution in [0.1, 0.15) is 0 Å². The summed E-state index contributed by atoms with van der Waals surface area (Å²) in [6.07, 6.45) is 1.30. The third-order valence-electron chi connectivity index (χ3n) is 4.92. The SMILES string of the molecule is C=CC(=O)N1CCN(C(=O)CNc2cc(-c3ccccc3)c(Cl)cc2OC)CC1. The van der Waals surface area contributed by atoms with Crippen molar-refractivity contribution < 1.29 is 14.3 Å². The molecule has 0 saturated carbocycles. The van der Waals surface area contributed by atoms with Gasteiger partial charge >= 0.3 is 0 Å². The monoisotopic (exact) mass is 413 g/mol. The first-order valence-electron chi connectivity index (χ1n) is 9.39. The summed E-state index contributed by atoms with van der Waals surface area (Å²) in [5.74, 6) is 0.437. The summed E-state index contributed by atoms with van der Waals surface area (Å²) in [5.41, 5.74) is 2.54. The van der Waals surface area contributed by atoms with Crippen molar-refractivity contribution >= 4 is 29.1 Å². The van der Waals surface area contributed by atoms with E-state index in [-0.39, 0.29) is 18.4 Å². The molecule has 7 heteroatoms. The summed E-state index contributed by atoms with van der Waals surface area (Å²) in [5, 5.41) is 3.75. The number of amides is 2. The summed E-state index contributed by atoms with van der Waals surface area (Å²) in [6.45, 7) is 5.67. The Labute approximate surface area is 175 Å². The Hall–Kier alpha value is -2.99. The summed E-state index contributed by atoms with van der Waals surface area (Å²) < 4.78 is 5.42. The topological polar surface area (TPSA) is 61.9 Å². The maximum atomic E-state index is 12.6. The van der Waals surface area contributed by atoms with Crippen LogP contribution in [0.15, 0.2) is 55.1 Å². The molecule has 1 N–H and O–H groups in total. The molecule has 6 nitrogen and oxygen atoms in total. The molecule has 0 radical (unpaired) electrons. The molecule has 2 amide bonds. The van der Waals surface area contributed by atoms with Crippen LogP contribution < -0.4 is 10.1 Å². The van der Waals surface area contributed by atoms with Crippen LogP contribution in [0.25, 0.3) is 11.1 Å². The lowest BCUT2D eigenvalue weighted by Gasteiger charge is -2.34. The number of piperazine rings is 1. The first kappa shape index (κ1) is 20.7. The molecule has 1 saturated heterocycles. The van der Waals surface area contributed by atoms with E-state index in [9.17, 15) is 9.59 Å². The smallest absolute Gasteiger partial charge is 0.246 e. The first-order chi connectivity index (χ1) is 14.0. The van der Waals surface area contributed by atoms with Crippen LogP contribution in [-0.2, 0) is 9.59 Å². The van der Waals surface area contributed by atoms with Crippen molar-refractivity contribution in [2.45, 2.75) is 0 Å². The van der Waals surface area contributed by atoms with Gasteiger partial charge in [0, 0.05) is 37.8 Å². The number of benzene rings is 2. The number of carbonyl (C=O) groups excluding carboxylic acids is 2. The van der Waals surface area contributed by atoms with E-state index < -0.39 is 0 Å². The summed E-state index contributed by atoms with van der Waals surface area (Å²) in [7, 11) is 1.57. The molecule has 152 valence electrons. The fourth-order valence-corrected chi connectivity index (χ4v) is 3.55. The third-order valence-corrected chi connectivity index (χ3v) is 5.24. The molecule has 1 aliphatic rings. The Morgan fingerprint density at radius 3 is 2.41 bits per heavy atom. The van der Waals surface area contributed by atoms with E-state index in [4.69, 9.17) is 16.3 Å². The maximum absolute atomic E-state index is 12.6. The number of nitrogens with one attached hydrogen (secondary N) is 1. The van der Waals surface area contributed by atoms with E-state index in [1.807, 2.05) is 36.4 Å². The van der Waals surface area contributed by atoms with Gasteiger partial charge in [0.2, 0.25) is 11.8 Å². The molecule has 0 atom stereocenters. The van der Waals surface area contributed by atoms with E-state index in [0.717, 1.165) is 11.1 Å². The van der Waals surface area contributed by atoms with Crippen molar-refractivity contribution in [3.8, 4) is 16.9 Å². The van der Waals surface area contributed by atoms with Gasteiger partial charge in [-0.1, -0.05) is 48.5 Å². The molecule has 2 aromatic rings. The minimum absolute atomic E-state index is 0.0334. The zero-order valence-electron chi connectivity index (χ0n) is 16.4. The van der Waals surface area contributed by atoms with Gasteiger partial charge in [0.25, 0.3) is 0 Å². The molecule has 0 aliphatic carbocycles. The highest BCUT2D eigenvalue weighted by Crippen LogP contribution is 2.36. The average Bonchev–Trinajstić information content (AvgIpc) is 2.77. The van der Waals surface area contributed by atoms with Crippen LogP contribution in [0.4, 0.5) is 5.69 Å². The summed E-state index contributed by atoms with van der Waals surface area (Å²) in [4.78, 5) is 27.7. The summed E-state index contributed by atoms with van der Waals surface area (Å²) in [6, 6.07) is 13.4. The minimum Gasteiger partial charge on any atom is -0.495 e. The van der Waals surface area contributed by atoms with Gasteiger partial charge in [-0.2, -0.15) is 0 Å². The predicted octanol–water partition coefficient (Wildman–Crippen LogP) is 3.28. The fraction of sp³-hybridized carbons (Fsp3) is 0.273. The second-order valence-electron chi connectivity index (χ2n) is 6.66. The van der Waals surface area contributed by atoms with E-state index >= 15 is 0 Å². The van der Waals surface area contributed by atoms with Gasteiger partial charge in [-0.15, -0.1) is 0 Å². The number of ether oxygens (including phenoxy) is 1. The zero-order valence-corrected chi connectivity index (χ0v) is 17.1. The van der Waals surface area contributed by atoms with E-state index in [0.29, 0.717) is 42.6 Å². The van der Waals surface area contributed by atoms with Crippen molar-refractivity contribution in [1.82, 2.24) is 9.80 Å². The molecule has 29 heavy (non-hydrogen) atoms. The first-order valence-corrected chi connectivity index (χ1v) is 9.77. The Morgan fingerprint density at radius 1 is 1.14 bits per heavy atom. The van der Waals surface area contributed by atoms with Crippen molar-refractivity contribution in [2.75, 3.05) is 45.2 Å². The quantitative estimate of drug-likeness (QED) is 0.738.